The van der Waals surface area contributed by atoms with E-state index < -0.39 is 17.7 Å². The van der Waals surface area contributed by atoms with Gasteiger partial charge in [0.25, 0.3) is 0 Å². The number of hydrogen-bond acceptors (Lipinski definition) is 2. The number of likely N-dealkylation sites (N-methyl/N-ethyl adjacent to an activating group) is 1. The molecule has 1 fully saturated rings. The van der Waals surface area contributed by atoms with Crippen LogP contribution in [0.3, 0.4) is 0 Å². The average Bonchev–Trinajstić information content (AvgIpc) is 2.58. The molecule has 1 saturated heterocycles. The number of carbonyl (C=O) groups is 1. The van der Waals surface area contributed by atoms with Crippen molar-refractivity contribution in [2.24, 2.45) is 5.73 Å². The molecule has 0 spiro atoms. The van der Waals surface area contributed by atoms with Gasteiger partial charge in [-0.3, -0.25) is 0 Å². The van der Waals surface area contributed by atoms with Crippen LogP contribution in [0.2, 0.25) is 0 Å². The van der Waals surface area contributed by atoms with E-state index in [-0.39, 0.29) is 6.03 Å². The van der Waals surface area contributed by atoms with Gasteiger partial charge >= 0.3 is 6.03 Å². The first-order chi connectivity index (χ1) is 8.54. The number of carbonyl (C=O) groups excluding carboxylic acids is 1. The molecule has 1 unspecified atom stereocenters. The van der Waals surface area contributed by atoms with Gasteiger partial charge in [-0.1, -0.05) is 6.07 Å². The number of urea groups is 1. The second kappa shape index (κ2) is 4.89. The van der Waals surface area contributed by atoms with Crippen molar-refractivity contribution in [1.29, 1.82) is 0 Å². The number of halogens is 2. The minimum atomic E-state index is -0.630. The maximum atomic E-state index is 13.7. The monoisotopic (exact) mass is 255 g/mol. The van der Waals surface area contributed by atoms with Crippen molar-refractivity contribution < 1.29 is 13.6 Å². The first-order valence-electron chi connectivity index (χ1n) is 5.71. The summed E-state index contributed by atoms with van der Waals surface area (Å²) in [5, 5.41) is 0. The van der Waals surface area contributed by atoms with E-state index in [0.717, 1.165) is 6.07 Å². The van der Waals surface area contributed by atoms with Crippen molar-refractivity contribution >= 4 is 6.03 Å². The van der Waals surface area contributed by atoms with Crippen molar-refractivity contribution in [2.75, 3.05) is 26.7 Å². The maximum absolute atomic E-state index is 13.7. The topological polar surface area (TPSA) is 49.6 Å². The van der Waals surface area contributed by atoms with Crippen LogP contribution in [-0.2, 0) is 0 Å². The van der Waals surface area contributed by atoms with Crippen molar-refractivity contribution in [3.8, 4) is 0 Å². The molecule has 1 aliphatic heterocycles. The summed E-state index contributed by atoms with van der Waals surface area (Å²) in [7, 11) is 1.60. The Morgan fingerprint density at radius 2 is 2.17 bits per heavy atom. The number of nitrogens with zero attached hydrogens (tertiary/aromatic N) is 2. The summed E-state index contributed by atoms with van der Waals surface area (Å²) < 4.78 is 26.6. The standard InChI is InChI=1S/C12H15F2N3O/c1-16-11(7-17(5-4-15)12(16)18)9-3-2-8(13)6-10(9)14/h2-3,6,11H,4-5,7,15H2,1H3. The van der Waals surface area contributed by atoms with Gasteiger partial charge in [0.15, 0.2) is 0 Å². The lowest BCUT2D eigenvalue weighted by atomic mass is 10.1. The number of amides is 2. The fourth-order valence-electron chi connectivity index (χ4n) is 2.19. The van der Waals surface area contributed by atoms with E-state index in [2.05, 4.69) is 0 Å². The zero-order valence-corrected chi connectivity index (χ0v) is 10.1. The van der Waals surface area contributed by atoms with Gasteiger partial charge in [0, 0.05) is 38.3 Å². The fraction of sp³-hybridized carbons (Fsp3) is 0.417. The third kappa shape index (κ3) is 2.15. The third-order valence-corrected chi connectivity index (χ3v) is 3.15. The molecular formula is C12H15F2N3O. The molecular weight excluding hydrogens is 240 g/mol. The minimum Gasteiger partial charge on any atom is -0.329 e. The highest BCUT2D eigenvalue weighted by Gasteiger charge is 2.36. The molecule has 98 valence electrons. The van der Waals surface area contributed by atoms with Crippen molar-refractivity contribution in [3.63, 3.8) is 0 Å². The normalized spacial score (nSPS) is 19.8. The number of rotatable bonds is 3. The van der Waals surface area contributed by atoms with Gasteiger partial charge in [-0.2, -0.15) is 0 Å². The minimum absolute atomic E-state index is 0.186. The number of hydrogen-bond donors (Lipinski definition) is 1. The lowest BCUT2D eigenvalue weighted by molar-refractivity contribution is 0.196. The molecule has 2 N–H and O–H groups in total. The van der Waals surface area contributed by atoms with Crippen LogP contribution in [-0.4, -0.2) is 42.5 Å². The van der Waals surface area contributed by atoms with Gasteiger partial charge in [-0.25, -0.2) is 13.6 Å². The molecule has 1 aromatic carbocycles. The Hall–Kier alpha value is -1.69. The highest BCUT2D eigenvalue weighted by molar-refractivity contribution is 5.77. The van der Waals surface area contributed by atoms with Gasteiger partial charge in [-0.05, 0) is 6.07 Å². The Balaban J connectivity index is 2.26. The highest BCUT2D eigenvalue weighted by Crippen LogP contribution is 2.29. The molecule has 0 radical (unpaired) electrons. The van der Waals surface area contributed by atoms with Crippen LogP contribution < -0.4 is 5.73 Å². The molecule has 1 atom stereocenters. The molecule has 0 aromatic heterocycles. The lowest BCUT2D eigenvalue weighted by Crippen LogP contribution is -2.33. The third-order valence-electron chi connectivity index (χ3n) is 3.15. The Bertz CT molecular complexity index is 467. The smallest absolute Gasteiger partial charge is 0.320 e. The molecule has 0 bridgehead atoms. The van der Waals surface area contributed by atoms with Crippen molar-refractivity contribution in [2.45, 2.75) is 6.04 Å². The summed E-state index contributed by atoms with van der Waals surface area (Å²) in [6.07, 6.45) is 0. The molecule has 6 heteroatoms. The van der Waals surface area contributed by atoms with Gasteiger partial charge in [0.1, 0.15) is 11.6 Å². The van der Waals surface area contributed by atoms with E-state index in [1.165, 1.54) is 17.0 Å². The second-order valence-electron chi connectivity index (χ2n) is 4.31. The fourth-order valence-corrected chi connectivity index (χ4v) is 2.19. The number of benzene rings is 1. The molecule has 4 nitrogen and oxygen atoms in total. The van der Waals surface area contributed by atoms with Crippen LogP contribution in [0, 0.1) is 11.6 Å². The predicted molar refractivity (Wildman–Crippen MR) is 62.9 cm³/mol. The van der Waals surface area contributed by atoms with Gasteiger partial charge in [0.2, 0.25) is 0 Å². The van der Waals surface area contributed by atoms with Gasteiger partial charge in [-0.15, -0.1) is 0 Å². The average molecular weight is 255 g/mol. The summed E-state index contributed by atoms with van der Waals surface area (Å²) in [6, 6.07) is 2.82. The maximum Gasteiger partial charge on any atom is 0.320 e. The van der Waals surface area contributed by atoms with Gasteiger partial charge < -0.3 is 15.5 Å². The van der Waals surface area contributed by atoms with E-state index in [0.29, 0.717) is 25.2 Å². The van der Waals surface area contributed by atoms with E-state index >= 15 is 0 Å². The van der Waals surface area contributed by atoms with Crippen molar-refractivity contribution in [3.05, 3.63) is 35.4 Å². The predicted octanol–water partition coefficient (Wildman–Crippen LogP) is 1.33. The SMILES string of the molecule is CN1C(=O)N(CCN)CC1c1ccc(F)cc1F. The van der Waals surface area contributed by atoms with Crippen LogP contribution >= 0.6 is 0 Å². The van der Waals surface area contributed by atoms with Crippen LogP contribution in [0.15, 0.2) is 18.2 Å². The zero-order valence-electron chi connectivity index (χ0n) is 10.1. The molecule has 1 heterocycles. The van der Waals surface area contributed by atoms with Crippen LogP contribution in [0.4, 0.5) is 13.6 Å². The lowest BCUT2D eigenvalue weighted by Gasteiger charge is -2.18. The largest absolute Gasteiger partial charge is 0.329 e. The first-order valence-corrected chi connectivity index (χ1v) is 5.71. The summed E-state index contributed by atoms with van der Waals surface area (Å²) in [5.74, 6) is -1.25. The molecule has 0 aliphatic carbocycles. The zero-order chi connectivity index (χ0) is 13.3. The first kappa shape index (κ1) is 12.8. The van der Waals surface area contributed by atoms with E-state index in [1.54, 1.807) is 11.9 Å². The van der Waals surface area contributed by atoms with Gasteiger partial charge in [0.05, 0.1) is 6.04 Å². The quantitative estimate of drug-likeness (QED) is 0.886. The van der Waals surface area contributed by atoms with E-state index in [4.69, 9.17) is 5.73 Å². The molecule has 1 aliphatic rings. The van der Waals surface area contributed by atoms with Crippen LogP contribution in [0.25, 0.3) is 0 Å². The van der Waals surface area contributed by atoms with Crippen LogP contribution in [0.1, 0.15) is 11.6 Å². The Morgan fingerprint density at radius 1 is 1.44 bits per heavy atom. The Kier molecular flexibility index (Phi) is 3.47. The summed E-state index contributed by atoms with van der Waals surface area (Å²) in [5.41, 5.74) is 5.74. The Labute approximate surface area is 104 Å². The number of nitrogens with two attached hydrogens (primary N) is 1. The van der Waals surface area contributed by atoms with E-state index in [1.807, 2.05) is 0 Å². The summed E-state index contributed by atoms with van der Waals surface area (Å²) >= 11 is 0. The highest BCUT2D eigenvalue weighted by atomic mass is 19.1. The molecule has 2 amide bonds. The molecule has 1 aromatic rings. The van der Waals surface area contributed by atoms with Crippen LogP contribution in [0.5, 0.6) is 0 Å². The van der Waals surface area contributed by atoms with E-state index in [9.17, 15) is 13.6 Å². The van der Waals surface area contributed by atoms with Crippen molar-refractivity contribution in [1.82, 2.24) is 9.80 Å². The summed E-state index contributed by atoms with van der Waals surface area (Å²) in [4.78, 5) is 14.9. The Morgan fingerprint density at radius 3 is 2.78 bits per heavy atom. The molecule has 2 rings (SSSR count). The molecule has 0 saturated carbocycles. The molecule has 18 heavy (non-hydrogen) atoms. The summed E-state index contributed by atoms with van der Waals surface area (Å²) in [6.45, 7) is 1.16. The second-order valence-corrected chi connectivity index (χ2v) is 4.31.